The number of hydrogen-bond acceptors (Lipinski definition) is 6. The molecule has 2 aromatic rings. The molecule has 0 spiro atoms. The van der Waals surface area contributed by atoms with Crippen molar-refractivity contribution < 1.29 is 27.5 Å². The van der Waals surface area contributed by atoms with Crippen molar-refractivity contribution in [2.45, 2.75) is 45.6 Å². The van der Waals surface area contributed by atoms with Crippen molar-refractivity contribution in [3.05, 3.63) is 54.1 Å². The van der Waals surface area contributed by atoms with Crippen molar-refractivity contribution in [3.8, 4) is 11.5 Å². The highest BCUT2D eigenvalue weighted by molar-refractivity contribution is 7.92. The third-order valence-electron chi connectivity index (χ3n) is 6.03. The summed E-state index contributed by atoms with van der Waals surface area (Å²) >= 11 is 0. The van der Waals surface area contributed by atoms with Crippen LogP contribution in [-0.4, -0.2) is 71.3 Å². The Morgan fingerprint density at radius 1 is 1.00 bits per heavy atom. The van der Waals surface area contributed by atoms with Crippen LogP contribution in [0.2, 0.25) is 0 Å². The molecule has 9 nitrogen and oxygen atoms in total. The van der Waals surface area contributed by atoms with E-state index >= 15 is 0 Å². The van der Waals surface area contributed by atoms with Crippen LogP contribution in [0.1, 0.15) is 38.7 Å². The lowest BCUT2D eigenvalue weighted by atomic mass is 10.1. The van der Waals surface area contributed by atoms with Crippen LogP contribution in [0.25, 0.3) is 0 Å². The molecule has 0 heterocycles. The summed E-state index contributed by atoms with van der Waals surface area (Å²) < 4.78 is 37.1. The SMILES string of the molecule is CCCCNC(=O)[C@@H](CC)N(CCc1ccccc1)C(=O)CN(c1ccc(OC)c(OC)c1)S(C)(=O)=O. The van der Waals surface area contributed by atoms with Gasteiger partial charge in [-0.2, -0.15) is 0 Å². The van der Waals surface area contributed by atoms with Gasteiger partial charge in [0.05, 0.1) is 26.2 Å². The Morgan fingerprint density at radius 2 is 1.68 bits per heavy atom. The van der Waals surface area contributed by atoms with Crippen molar-refractivity contribution in [1.29, 1.82) is 0 Å². The van der Waals surface area contributed by atoms with E-state index in [0.717, 1.165) is 29.0 Å². The van der Waals surface area contributed by atoms with Gasteiger partial charge in [-0.15, -0.1) is 0 Å². The molecule has 204 valence electrons. The molecule has 0 saturated carbocycles. The van der Waals surface area contributed by atoms with E-state index in [2.05, 4.69) is 5.32 Å². The standard InChI is InChI=1S/C27H39N3O6S/c1-6-8-17-28-27(32)23(7-2)29(18-16-21-12-10-9-11-13-21)26(31)20-30(37(5,33)34)22-14-15-24(35-3)25(19-22)36-4/h9-15,19,23H,6-8,16-18,20H2,1-5H3,(H,28,32)/t23-/m1/s1. The molecular weight excluding hydrogens is 494 g/mol. The van der Waals surface area contributed by atoms with Crippen molar-refractivity contribution in [2.75, 3.05) is 44.4 Å². The Bertz CT molecular complexity index is 1120. The topological polar surface area (TPSA) is 105 Å². The summed E-state index contributed by atoms with van der Waals surface area (Å²) in [5.41, 5.74) is 1.28. The summed E-state index contributed by atoms with van der Waals surface area (Å²) in [4.78, 5) is 28.2. The maximum absolute atomic E-state index is 13.7. The third kappa shape index (κ3) is 8.66. The molecule has 1 atom stereocenters. The Morgan fingerprint density at radius 3 is 2.24 bits per heavy atom. The van der Waals surface area contributed by atoms with Gasteiger partial charge in [-0.1, -0.05) is 50.6 Å². The van der Waals surface area contributed by atoms with Gasteiger partial charge in [0.2, 0.25) is 21.8 Å². The quantitative estimate of drug-likeness (QED) is 0.353. The molecule has 0 bridgehead atoms. The van der Waals surface area contributed by atoms with Gasteiger partial charge >= 0.3 is 0 Å². The summed E-state index contributed by atoms with van der Waals surface area (Å²) in [5.74, 6) is 0.0668. The first-order valence-electron chi connectivity index (χ1n) is 12.5. The molecule has 0 aliphatic heterocycles. The lowest BCUT2D eigenvalue weighted by Gasteiger charge is -2.33. The lowest BCUT2D eigenvalue weighted by molar-refractivity contribution is -0.139. The molecule has 1 N–H and O–H groups in total. The number of carbonyl (C=O) groups is 2. The zero-order chi connectivity index (χ0) is 27.4. The molecule has 2 rings (SSSR count). The van der Waals surface area contributed by atoms with Gasteiger partial charge in [0.15, 0.2) is 11.5 Å². The molecule has 37 heavy (non-hydrogen) atoms. The number of methoxy groups -OCH3 is 2. The number of sulfonamides is 1. The molecule has 10 heteroatoms. The Labute approximate surface area is 220 Å². The molecular formula is C27H39N3O6S. The number of unbranched alkanes of at least 4 members (excludes halogenated alkanes) is 1. The molecule has 0 unspecified atom stereocenters. The second-order valence-corrected chi connectivity index (χ2v) is 10.6. The van der Waals surface area contributed by atoms with Crippen molar-refractivity contribution in [3.63, 3.8) is 0 Å². The number of hydrogen-bond donors (Lipinski definition) is 1. The zero-order valence-corrected chi connectivity index (χ0v) is 23.2. The summed E-state index contributed by atoms with van der Waals surface area (Å²) in [7, 11) is -0.907. The molecule has 2 aromatic carbocycles. The summed E-state index contributed by atoms with van der Waals surface area (Å²) in [6, 6.07) is 13.6. The molecule has 0 saturated heterocycles. The van der Waals surface area contributed by atoms with E-state index in [9.17, 15) is 18.0 Å². The number of amides is 2. The number of rotatable bonds is 15. The second-order valence-electron chi connectivity index (χ2n) is 8.70. The first kappa shape index (κ1) is 30.0. The third-order valence-corrected chi connectivity index (χ3v) is 7.17. The number of anilines is 1. The zero-order valence-electron chi connectivity index (χ0n) is 22.4. The van der Waals surface area contributed by atoms with Crippen LogP contribution in [0.4, 0.5) is 5.69 Å². The molecule has 0 fully saturated rings. The van der Waals surface area contributed by atoms with E-state index in [-0.39, 0.29) is 18.1 Å². The van der Waals surface area contributed by atoms with Crippen LogP contribution < -0.4 is 19.1 Å². The first-order valence-corrected chi connectivity index (χ1v) is 14.3. The minimum absolute atomic E-state index is 0.241. The number of ether oxygens (including phenoxy) is 2. The lowest BCUT2D eigenvalue weighted by Crippen LogP contribution is -2.53. The van der Waals surface area contributed by atoms with Crippen LogP contribution in [0.15, 0.2) is 48.5 Å². The Balaban J connectivity index is 2.38. The predicted molar refractivity (Wildman–Crippen MR) is 146 cm³/mol. The van der Waals surface area contributed by atoms with Crippen LogP contribution in [-0.2, 0) is 26.0 Å². The highest BCUT2D eigenvalue weighted by Gasteiger charge is 2.31. The van der Waals surface area contributed by atoms with Crippen molar-refractivity contribution in [2.24, 2.45) is 0 Å². The Kier molecular flexibility index (Phi) is 11.7. The molecule has 0 aromatic heterocycles. The van der Waals surface area contributed by atoms with Crippen molar-refractivity contribution in [1.82, 2.24) is 10.2 Å². The van der Waals surface area contributed by atoms with Gasteiger partial charge in [0.1, 0.15) is 12.6 Å². The molecule has 0 radical (unpaired) electrons. The second kappa shape index (κ2) is 14.5. The fourth-order valence-electron chi connectivity index (χ4n) is 4.00. The van der Waals surface area contributed by atoms with Gasteiger partial charge in [-0.05, 0) is 37.0 Å². The molecule has 0 aliphatic carbocycles. The van der Waals surface area contributed by atoms with E-state index in [1.807, 2.05) is 44.2 Å². The number of benzene rings is 2. The average molecular weight is 534 g/mol. The minimum atomic E-state index is -3.84. The van der Waals surface area contributed by atoms with Gasteiger partial charge in [-0.3, -0.25) is 13.9 Å². The predicted octanol–water partition coefficient (Wildman–Crippen LogP) is 3.24. The van der Waals surface area contributed by atoms with E-state index in [1.54, 1.807) is 12.1 Å². The largest absolute Gasteiger partial charge is 0.493 e. The van der Waals surface area contributed by atoms with E-state index < -0.39 is 28.5 Å². The number of nitrogens with one attached hydrogen (secondary N) is 1. The van der Waals surface area contributed by atoms with Crippen LogP contribution >= 0.6 is 0 Å². The highest BCUT2D eigenvalue weighted by atomic mass is 32.2. The van der Waals surface area contributed by atoms with Gasteiger partial charge in [0, 0.05) is 19.2 Å². The average Bonchev–Trinajstić information content (AvgIpc) is 2.89. The van der Waals surface area contributed by atoms with Gasteiger partial charge < -0.3 is 19.7 Å². The molecule has 2 amide bonds. The summed E-state index contributed by atoms with van der Waals surface area (Å²) in [5, 5.41) is 2.92. The maximum Gasteiger partial charge on any atom is 0.244 e. The van der Waals surface area contributed by atoms with Crippen LogP contribution in [0.3, 0.4) is 0 Å². The monoisotopic (exact) mass is 533 g/mol. The first-order chi connectivity index (χ1) is 17.7. The Hall–Kier alpha value is -3.27. The smallest absolute Gasteiger partial charge is 0.244 e. The number of nitrogens with zero attached hydrogens (tertiary/aromatic N) is 2. The maximum atomic E-state index is 13.7. The van der Waals surface area contributed by atoms with E-state index in [1.165, 1.54) is 25.2 Å². The normalized spacial score (nSPS) is 11.9. The fourth-order valence-corrected chi connectivity index (χ4v) is 4.84. The number of carbonyl (C=O) groups excluding carboxylic acids is 2. The minimum Gasteiger partial charge on any atom is -0.493 e. The van der Waals surface area contributed by atoms with Gasteiger partial charge in [-0.25, -0.2) is 8.42 Å². The summed E-state index contributed by atoms with van der Waals surface area (Å²) in [6.07, 6.45) is 3.73. The van der Waals surface area contributed by atoms with Crippen LogP contribution in [0.5, 0.6) is 11.5 Å². The van der Waals surface area contributed by atoms with E-state index in [4.69, 9.17) is 9.47 Å². The summed E-state index contributed by atoms with van der Waals surface area (Å²) in [6.45, 7) is 4.21. The van der Waals surface area contributed by atoms with Gasteiger partial charge in [0.25, 0.3) is 0 Å². The van der Waals surface area contributed by atoms with Crippen molar-refractivity contribution >= 4 is 27.5 Å². The molecule has 0 aliphatic rings. The highest BCUT2D eigenvalue weighted by Crippen LogP contribution is 2.32. The fraction of sp³-hybridized carbons (Fsp3) is 0.481. The van der Waals surface area contributed by atoms with Crippen LogP contribution in [0, 0.1) is 0 Å². The van der Waals surface area contributed by atoms with E-state index in [0.29, 0.717) is 30.9 Å².